The lowest BCUT2D eigenvalue weighted by molar-refractivity contribution is -0.384. The van der Waals surface area contributed by atoms with Gasteiger partial charge < -0.3 is 14.6 Å². The highest BCUT2D eigenvalue weighted by Crippen LogP contribution is 2.18. The molecular weight excluding hydrogens is 274 g/mol. The van der Waals surface area contributed by atoms with E-state index in [0.29, 0.717) is 31.1 Å². The monoisotopic (exact) mass is 289 g/mol. The topological polar surface area (TPSA) is 81.8 Å². The van der Waals surface area contributed by atoms with Crippen LogP contribution in [0.1, 0.15) is 6.42 Å². The van der Waals surface area contributed by atoms with Gasteiger partial charge in [-0.25, -0.2) is 0 Å². The molecule has 2 rings (SSSR count). The van der Waals surface area contributed by atoms with Crippen molar-refractivity contribution in [3.8, 4) is 17.2 Å². The first kappa shape index (κ1) is 14.6. The summed E-state index contributed by atoms with van der Waals surface area (Å²) in [6, 6.07) is 12.4. The second-order valence-electron chi connectivity index (χ2n) is 4.30. The fourth-order valence-electron chi connectivity index (χ4n) is 1.65. The van der Waals surface area contributed by atoms with E-state index in [4.69, 9.17) is 14.6 Å². The van der Waals surface area contributed by atoms with Gasteiger partial charge in [-0.1, -0.05) is 0 Å². The van der Waals surface area contributed by atoms with Gasteiger partial charge >= 0.3 is 0 Å². The van der Waals surface area contributed by atoms with Gasteiger partial charge in [0.05, 0.1) is 18.1 Å². The molecule has 0 unspecified atom stereocenters. The van der Waals surface area contributed by atoms with E-state index in [-0.39, 0.29) is 11.4 Å². The van der Waals surface area contributed by atoms with Crippen LogP contribution in [0.15, 0.2) is 48.5 Å². The Labute approximate surface area is 121 Å². The standard InChI is InChI=1S/C15H15NO5/c17-13-4-8-15(9-5-13)21-11-1-10-20-14-6-2-12(3-7-14)16(18)19/h2-9,17H,1,10-11H2. The van der Waals surface area contributed by atoms with Crippen LogP contribution in [0.25, 0.3) is 0 Å². The van der Waals surface area contributed by atoms with Crippen LogP contribution >= 0.6 is 0 Å². The number of phenolic OH excluding ortho intramolecular Hbond substituents is 1. The molecule has 6 heteroatoms. The molecule has 110 valence electrons. The molecule has 6 nitrogen and oxygen atoms in total. The van der Waals surface area contributed by atoms with Gasteiger partial charge in [-0.15, -0.1) is 0 Å². The van der Waals surface area contributed by atoms with Crippen molar-refractivity contribution in [2.75, 3.05) is 13.2 Å². The first-order valence-electron chi connectivity index (χ1n) is 6.44. The summed E-state index contributed by atoms with van der Waals surface area (Å²) in [6.07, 6.45) is 0.678. The van der Waals surface area contributed by atoms with Crippen molar-refractivity contribution in [1.29, 1.82) is 0 Å². The van der Waals surface area contributed by atoms with E-state index in [0.717, 1.165) is 0 Å². The summed E-state index contributed by atoms with van der Waals surface area (Å²) in [4.78, 5) is 10.1. The normalized spacial score (nSPS) is 10.1. The number of nitrogens with zero attached hydrogens (tertiary/aromatic N) is 1. The van der Waals surface area contributed by atoms with Crippen molar-refractivity contribution in [3.05, 3.63) is 58.6 Å². The van der Waals surface area contributed by atoms with Crippen LogP contribution in [-0.2, 0) is 0 Å². The maximum Gasteiger partial charge on any atom is 0.269 e. The number of nitro groups is 1. The van der Waals surface area contributed by atoms with Gasteiger partial charge in [0, 0.05) is 18.6 Å². The van der Waals surface area contributed by atoms with Crippen LogP contribution in [-0.4, -0.2) is 23.2 Å². The Morgan fingerprint density at radius 1 is 0.905 bits per heavy atom. The van der Waals surface area contributed by atoms with E-state index in [1.165, 1.54) is 12.1 Å². The Morgan fingerprint density at radius 2 is 1.38 bits per heavy atom. The summed E-state index contributed by atoms with van der Waals surface area (Å²) in [5.41, 5.74) is 0.0398. The molecule has 0 aliphatic heterocycles. The molecule has 0 saturated carbocycles. The lowest BCUT2D eigenvalue weighted by atomic mass is 10.3. The Bertz CT molecular complexity index is 580. The van der Waals surface area contributed by atoms with Crippen LogP contribution in [0, 0.1) is 10.1 Å². The van der Waals surface area contributed by atoms with Crippen molar-refractivity contribution in [2.24, 2.45) is 0 Å². The van der Waals surface area contributed by atoms with Crippen LogP contribution in [0.3, 0.4) is 0 Å². The molecule has 0 heterocycles. The van der Waals surface area contributed by atoms with Crippen LogP contribution in [0.5, 0.6) is 17.2 Å². The van der Waals surface area contributed by atoms with Gasteiger partial charge in [-0.2, -0.15) is 0 Å². The molecule has 0 bridgehead atoms. The number of hydrogen-bond donors (Lipinski definition) is 1. The maximum atomic E-state index is 10.5. The Morgan fingerprint density at radius 3 is 1.86 bits per heavy atom. The summed E-state index contributed by atoms with van der Waals surface area (Å²) in [5.74, 6) is 1.47. The molecule has 2 aromatic carbocycles. The molecule has 1 N–H and O–H groups in total. The van der Waals surface area contributed by atoms with Crippen molar-refractivity contribution in [3.63, 3.8) is 0 Å². The molecular formula is C15H15NO5. The molecule has 0 saturated heterocycles. The molecule has 0 aromatic heterocycles. The third-order valence-corrected chi connectivity index (χ3v) is 2.71. The molecule has 0 amide bonds. The lowest BCUT2D eigenvalue weighted by Gasteiger charge is -2.08. The molecule has 21 heavy (non-hydrogen) atoms. The number of non-ortho nitro benzene ring substituents is 1. The number of rotatable bonds is 7. The minimum Gasteiger partial charge on any atom is -0.508 e. The zero-order chi connectivity index (χ0) is 15.1. The van der Waals surface area contributed by atoms with Gasteiger partial charge in [-0.3, -0.25) is 10.1 Å². The molecule has 0 aliphatic rings. The number of nitro benzene ring substituents is 1. The van der Waals surface area contributed by atoms with Crippen LogP contribution in [0.4, 0.5) is 5.69 Å². The first-order valence-corrected chi connectivity index (χ1v) is 6.44. The molecule has 0 aliphatic carbocycles. The Balaban J connectivity index is 1.67. The van der Waals surface area contributed by atoms with Crippen LogP contribution in [0.2, 0.25) is 0 Å². The predicted octanol–water partition coefficient (Wildman–Crippen LogP) is 3.15. The molecule has 2 aromatic rings. The zero-order valence-electron chi connectivity index (χ0n) is 11.3. The van der Waals surface area contributed by atoms with Crippen LogP contribution < -0.4 is 9.47 Å². The van der Waals surface area contributed by atoms with E-state index in [2.05, 4.69) is 0 Å². The Kier molecular flexibility index (Phi) is 4.98. The summed E-state index contributed by atoms with van der Waals surface area (Å²) in [7, 11) is 0. The van der Waals surface area contributed by atoms with Crippen molar-refractivity contribution >= 4 is 5.69 Å². The van der Waals surface area contributed by atoms with Crippen molar-refractivity contribution in [2.45, 2.75) is 6.42 Å². The third kappa shape index (κ3) is 4.68. The van der Waals surface area contributed by atoms with Gasteiger partial charge in [0.1, 0.15) is 17.2 Å². The van der Waals surface area contributed by atoms with E-state index in [1.807, 2.05) is 0 Å². The number of hydrogen-bond acceptors (Lipinski definition) is 5. The second-order valence-corrected chi connectivity index (χ2v) is 4.30. The highest BCUT2D eigenvalue weighted by molar-refractivity contribution is 5.36. The number of phenols is 1. The smallest absolute Gasteiger partial charge is 0.269 e. The van der Waals surface area contributed by atoms with E-state index in [1.54, 1.807) is 36.4 Å². The highest BCUT2D eigenvalue weighted by atomic mass is 16.6. The average Bonchev–Trinajstić information content (AvgIpc) is 2.49. The van der Waals surface area contributed by atoms with Gasteiger partial charge in [0.25, 0.3) is 5.69 Å². The summed E-state index contributed by atoms with van der Waals surface area (Å²) < 4.78 is 10.9. The van der Waals surface area contributed by atoms with Crippen molar-refractivity contribution in [1.82, 2.24) is 0 Å². The summed E-state index contributed by atoms with van der Waals surface area (Å²) in [6.45, 7) is 0.938. The van der Waals surface area contributed by atoms with E-state index >= 15 is 0 Å². The quantitative estimate of drug-likeness (QED) is 0.481. The van der Waals surface area contributed by atoms with Gasteiger partial charge in [0.15, 0.2) is 0 Å². The molecule has 0 spiro atoms. The third-order valence-electron chi connectivity index (χ3n) is 2.71. The Hall–Kier alpha value is -2.76. The fourth-order valence-corrected chi connectivity index (χ4v) is 1.65. The highest BCUT2D eigenvalue weighted by Gasteiger charge is 2.04. The summed E-state index contributed by atoms with van der Waals surface area (Å²) in [5, 5.41) is 19.6. The van der Waals surface area contributed by atoms with Crippen molar-refractivity contribution < 1.29 is 19.5 Å². The number of benzene rings is 2. The second kappa shape index (κ2) is 7.14. The lowest BCUT2D eigenvalue weighted by Crippen LogP contribution is -2.04. The molecule has 0 fully saturated rings. The number of aromatic hydroxyl groups is 1. The van der Waals surface area contributed by atoms with E-state index < -0.39 is 4.92 Å². The fraction of sp³-hybridized carbons (Fsp3) is 0.200. The zero-order valence-corrected chi connectivity index (χ0v) is 11.3. The predicted molar refractivity (Wildman–Crippen MR) is 76.8 cm³/mol. The first-order chi connectivity index (χ1) is 10.1. The minimum atomic E-state index is -0.449. The molecule has 0 radical (unpaired) electrons. The average molecular weight is 289 g/mol. The van der Waals surface area contributed by atoms with E-state index in [9.17, 15) is 10.1 Å². The van der Waals surface area contributed by atoms with Gasteiger partial charge in [0.2, 0.25) is 0 Å². The minimum absolute atomic E-state index is 0.0398. The number of ether oxygens (including phenoxy) is 2. The summed E-state index contributed by atoms with van der Waals surface area (Å²) >= 11 is 0. The molecule has 0 atom stereocenters. The largest absolute Gasteiger partial charge is 0.508 e. The SMILES string of the molecule is O=[N+]([O-])c1ccc(OCCCOc2ccc(O)cc2)cc1. The maximum absolute atomic E-state index is 10.5. The van der Waals surface area contributed by atoms with Gasteiger partial charge in [-0.05, 0) is 36.4 Å².